The zero-order valence-electron chi connectivity index (χ0n) is 15.7. The molecule has 0 aliphatic carbocycles. The highest BCUT2D eigenvalue weighted by Crippen LogP contribution is 2.38. The van der Waals surface area contributed by atoms with Gasteiger partial charge in [-0.15, -0.1) is 11.8 Å². The van der Waals surface area contributed by atoms with Gasteiger partial charge in [0.15, 0.2) is 0 Å². The van der Waals surface area contributed by atoms with Crippen molar-refractivity contribution in [2.75, 3.05) is 21.2 Å². The van der Waals surface area contributed by atoms with Crippen LogP contribution in [0.15, 0.2) is 51.8 Å². The topological polar surface area (TPSA) is 62.9 Å². The van der Waals surface area contributed by atoms with Gasteiger partial charge in [-0.25, -0.2) is 0 Å². The van der Waals surface area contributed by atoms with E-state index in [-0.39, 0.29) is 18.1 Å². The number of phenolic OH excluding ortho intramolecular Hbond substituents is 1. The van der Waals surface area contributed by atoms with Crippen molar-refractivity contribution < 1.29 is 19.1 Å². The molecule has 0 aliphatic heterocycles. The number of methoxy groups -OCH3 is 1. The van der Waals surface area contributed by atoms with Crippen molar-refractivity contribution in [1.82, 2.24) is 4.90 Å². The van der Waals surface area contributed by atoms with Crippen LogP contribution in [-0.2, 0) is 28.2 Å². The molecule has 0 unspecified atom stereocenters. The van der Waals surface area contributed by atoms with Crippen LogP contribution in [0, 0.1) is 0 Å². The van der Waals surface area contributed by atoms with Gasteiger partial charge in [0.1, 0.15) is 17.1 Å². The van der Waals surface area contributed by atoms with Crippen molar-refractivity contribution in [2.45, 2.75) is 23.6 Å². The van der Waals surface area contributed by atoms with Gasteiger partial charge in [-0.3, -0.25) is 4.79 Å². The van der Waals surface area contributed by atoms with Crippen molar-refractivity contribution in [3.8, 4) is 5.75 Å². The molecule has 142 valence electrons. The molecule has 1 heterocycles. The molecule has 0 amide bonds. The summed E-state index contributed by atoms with van der Waals surface area (Å²) in [4.78, 5) is 15.1. The third-order valence-electron chi connectivity index (χ3n) is 4.24. The molecule has 5 nitrogen and oxygen atoms in total. The molecule has 0 atom stereocenters. The Labute approximate surface area is 162 Å². The average molecular weight is 385 g/mol. The van der Waals surface area contributed by atoms with E-state index in [1.807, 2.05) is 61.5 Å². The molecular weight excluding hydrogens is 362 g/mol. The summed E-state index contributed by atoms with van der Waals surface area (Å²) in [7, 11) is 5.24. The number of benzene rings is 2. The monoisotopic (exact) mass is 385 g/mol. The number of hydrogen-bond donors (Lipinski definition) is 1. The SMILES string of the molecule is COC(=O)Cc1c(CSc2ccccc2)oc2ccc(CN(C)C)c(O)c12. The lowest BCUT2D eigenvalue weighted by Gasteiger charge is -2.12. The van der Waals surface area contributed by atoms with E-state index in [1.54, 1.807) is 11.8 Å². The van der Waals surface area contributed by atoms with Gasteiger partial charge in [0.25, 0.3) is 0 Å². The number of thioether (sulfide) groups is 1. The molecule has 0 saturated carbocycles. The van der Waals surface area contributed by atoms with Crippen molar-refractivity contribution in [3.05, 3.63) is 59.4 Å². The minimum absolute atomic E-state index is 0.0627. The lowest BCUT2D eigenvalue weighted by Crippen LogP contribution is -2.11. The number of aromatic hydroxyl groups is 1. The van der Waals surface area contributed by atoms with E-state index >= 15 is 0 Å². The van der Waals surface area contributed by atoms with Crippen LogP contribution in [0.25, 0.3) is 11.0 Å². The van der Waals surface area contributed by atoms with Crippen LogP contribution in [0.5, 0.6) is 5.75 Å². The number of ether oxygens (including phenoxy) is 1. The maximum atomic E-state index is 12.0. The van der Waals surface area contributed by atoms with Gasteiger partial charge in [0.2, 0.25) is 0 Å². The van der Waals surface area contributed by atoms with E-state index in [2.05, 4.69) is 0 Å². The fraction of sp³-hybridized carbons (Fsp3) is 0.286. The van der Waals surface area contributed by atoms with Gasteiger partial charge in [-0.2, -0.15) is 0 Å². The number of rotatable bonds is 7. The molecule has 3 aromatic rings. The minimum Gasteiger partial charge on any atom is -0.507 e. The third-order valence-corrected chi connectivity index (χ3v) is 5.26. The zero-order valence-corrected chi connectivity index (χ0v) is 16.5. The van der Waals surface area contributed by atoms with Crippen LogP contribution in [-0.4, -0.2) is 37.2 Å². The summed E-state index contributed by atoms with van der Waals surface area (Å²) in [6.45, 7) is 0.596. The first-order valence-electron chi connectivity index (χ1n) is 8.64. The number of esters is 1. The van der Waals surface area contributed by atoms with Crippen LogP contribution in [0.1, 0.15) is 16.9 Å². The summed E-state index contributed by atoms with van der Waals surface area (Å²) in [5.41, 5.74) is 2.07. The number of fused-ring (bicyclic) bond motifs is 1. The maximum Gasteiger partial charge on any atom is 0.310 e. The molecule has 27 heavy (non-hydrogen) atoms. The highest BCUT2D eigenvalue weighted by molar-refractivity contribution is 7.98. The number of furan rings is 1. The van der Waals surface area contributed by atoms with Crippen LogP contribution in [0.4, 0.5) is 0 Å². The fourth-order valence-corrected chi connectivity index (χ4v) is 3.86. The molecule has 0 fully saturated rings. The summed E-state index contributed by atoms with van der Waals surface area (Å²) in [5, 5.41) is 11.4. The Kier molecular flexibility index (Phi) is 6.08. The van der Waals surface area contributed by atoms with Gasteiger partial charge in [-0.1, -0.05) is 24.3 Å². The van der Waals surface area contributed by atoms with Gasteiger partial charge >= 0.3 is 5.97 Å². The van der Waals surface area contributed by atoms with Crippen LogP contribution < -0.4 is 0 Å². The van der Waals surface area contributed by atoms with Crippen molar-refractivity contribution in [2.24, 2.45) is 0 Å². The first-order chi connectivity index (χ1) is 13.0. The van der Waals surface area contributed by atoms with Crippen LogP contribution in [0.3, 0.4) is 0 Å². The summed E-state index contributed by atoms with van der Waals surface area (Å²) in [6, 6.07) is 13.7. The second kappa shape index (κ2) is 8.50. The Morgan fingerprint density at radius 3 is 2.59 bits per heavy atom. The average Bonchev–Trinajstić information content (AvgIpc) is 3.01. The lowest BCUT2D eigenvalue weighted by atomic mass is 10.0. The van der Waals surface area contributed by atoms with Gasteiger partial charge in [-0.05, 0) is 32.3 Å². The third kappa shape index (κ3) is 4.46. The van der Waals surface area contributed by atoms with Crippen molar-refractivity contribution >= 4 is 28.7 Å². The molecule has 2 aromatic carbocycles. The van der Waals surface area contributed by atoms with Crippen LogP contribution in [0.2, 0.25) is 0 Å². The quantitative estimate of drug-likeness (QED) is 0.486. The van der Waals surface area contributed by atoms with E-state index in [0.717, 1.165) is 10.5 Å². The molecule has 1 N–H and O–H groups in total. The maximum absolute atomic E-state index is 12.0. The largest absolute Gasteiger partial charge is 0.507 e. The molecule has 0 saturated heterocycles. The van der Waals surface area contributed by atoms with E-state index in [0.29, 0.717) is 34.6 Å². The van der Waals surface area contributed by atoms with E-state index in [4.69, 9.17) is 9.15 Å². The van der Waals surface area contributed by atoms with Crippen molar-refractivity contribution in [3.63, 3.8) is 0 Å². The van der Waals surface area contributed by atoms with Gasteiger partial charge in [0, 0.05) is 22.6 Å². The second-order valence-corrected chi connectivity index (χ2v) is 7.59. The first-order valence-corrected chi connectivity index (χ1v) is 9.62. The van der Waals surface area contributed by atoms with E-state index in [1.165, 1.54) is 7.11 Å². The molecule has 3 rings (SSSR count). The molecule has 0 aliphatic rings. The predicted octanol–water partition coefficient (Wildman–Crippen LogP) is 4.21. The summed E-state index contributed by atoms with van der Waals surface area (Å²) in [6.07, 6.45) is 0.0627. The Bertz CT molecular complexity index is 934. The standard InChI is InChI=1S/C21H23NO4S/c1-22(2)12-14-9-10-17-20(21(14)24)16(11-19(23)25-3)18(26-17)13-27-15-7-5-4-6-8-15/h4-10,24H,11-13H2,1-3H3. The normalized spacial score (nSPS) is 11.3. The number of nitrogens with zero attached hydrogens (tertiary/aromatic N) is 1. The second-order valence-electron chi connectivity index (χ2n) is 6.54. The molecule has 0 bridgehead atoms. The fourth-order valence-electron chi connectivity index (χ4n) is 2.98. The van der Waals surface area contributed by atoms with E-state index in [9.17, 15) is 9.90 Å². The molecular formula is C21H23NO4S. The van der Waals surface area contributed by atoms with Gasteiger partial charge in [0.05, 0.1) is 24.7 Å². The number of carbonyl (C=O) groups is 1. The molecule has 1 aromatic heterocycles. The van der Waals surface area contributed by atoms with Crippen molar-refractivity contribution in [1.29, 1.82) is 0 Å². The molecule has 6 heteroatoms. The van der Waals surface area contributed by atoms with E-state index < -0.39 is 0 Å². The first kappa shape index (κ1) is 19.3. The number of hydrogen-bond acceptors (Lipinski definition) is 6. The Hall–Kier alpha value is -2.44. The Morgan fingerprint density at radius 1 is 1.19 bits per heavy atom. The Morgan fingerprint density at radius 2 is 1.93 bits per heavy atom. The lowest BCUT2D eigenvalue weighted by molar-refractivity contribution is -0.139. The van der Waals surface area contributed by atoms with Gasteiger partial charge < -0.3 is 19.2 Å². The smallest absolute Gasteiger partial charge is 0.310 e. The van der Waals surface area contributed by atoms with Crippen LogP contribution >= 0.6 is 11.8 Å². The molecule has 0 spiro atoms. The number of phenols is 1. The highest BCUT2D eigenvalue weighted by atomic mass is 32.2. The summed E-state index contributed by atoms with van der Waals surface area (Å²) < 4.78 is 10.9. The summed E-state index contributed by atoms with van der Waals surface area (Å²) >= 11 is 1.62. The number of carbonyl (C=O) groups excluding carboxylic acids is 1. The minimum atomic E-state index is -0.360. The summed E-state index contributed by atoms with van der Waals surface area (Å²) in [5.74, 6) is 1.05. The predicted molar refractivity (Wildman–Crippen MR) is 107 cm³/mol. The Balaban J connectivity index is 2.02. The highest BCUT2D eigenvalue weighted by Gasteiger charge is 2.22. The molecule has 0 radical (unpaired) electrons. The zero-order chi connectivity index (χ0) is 19.4.